The quantitative estimate of drug-likeness (QED) is 0.0154. The van der Waals surface area contributed by atoms with Crippen molar-refractivity contribution in [3.05, 3.63) is 210 Å². The second-order valence-electron chi connectivity index (χ2n) is 27.9. The Morgan fingerprint density at radius 3 is 0.930 bits per heavy atom. The molecule has 616 valence electrons. The van der Waals surface area contributed by atoms with E-state index < -0.39 is 88.6 Å². The van der Waals surface area contributed by atoms with E-state index in [1.807, 2.05) is 72.8 Å². The normalized spacial score (nSPS) is 15.1. The van der Waals surface area contributed by atoms with Crippen molar-refractivity contribution in [2.24, 2.45) is 17.8 Å². The van der Waals surface area contributed by atoms with Crippen LogP contribution in [0.2, 0.25) is 0 Å². The van der Waals surface area contributed by atoms with Gasteiger partial charge in [-0.2, -0.15) is 0 Å². The van der Waals surface area contributed by atoms with Crippen LogP contribution in [0.15, 0.2) is 146 Å². The standard InChI is InChI=1S/C31H38N2O7.C26H30N2O6.C19H25IN2O5.C12H14O2/c1-31(30(38)32-2,27(36)21-40-28-6-4-5-17-39-28)33(3)29(37)26-15-13-23(14-16-26)8-7-22-9-11-24(12-10-22)18-25(19-34)20-35;1-26(23(32)17-31,25(34)27-2)28(3)24(33)22-12-10-19(11-13-22)5-4-18-6-8-20(9-7-18)14-21(15-29)16-30;1-19(18(25)21-2,15(23)12-27-16-6-4-5-11-26-16)22(3)17(24)13-7-9-14(20)10-8-13;1-2-10-3-5-11(6-4-10)7-12(8-13)9-14/h9-16,25,28,34-35H,4-6,17-21H2,1-3H3,(H,32,38);6-13,21,29-31H,14-17H2,1-3H3,(H,27,34);7-10,16H,4-6,11-12H2,1-3H3,(H,21,25);1,3-6,12-14H,7-9H2/t28?,31-;26-;16?,19-;/m111./s1. The monoisotopic (exact) mass is 1690 g/mol. The maximum Gasteiger partial charge on any atom is 0.254 e. The average Bonchev–Trinajstić information content (AvgIpc) is 0.789. The third-order valence-corrected chi connectivity index (χ3v) is 20.7. The highest BCUT2D eigenvalue weighted by Crippen LogP contribution is 2.26. The summed E-state index contributed by atoms with van der Waals surface area (Å²) < 4.78 is 23.1. The number of rotatable bonds is 31. The molecule has 2 aliphatic heterocycles. The number of carbonyl (C=O) groups is 9. The Morgan fingerprint density at radius 2 is 0.687 bits per heavy atom. The van der Waals surface area contributed by atoms with Gasteiger partial charge in [0.1, 0.15) is 19.8 Å². The smallest absolute Gasteiger partial charge is 0.254 e. The number of carbonyl (C=O) groups excluding carboxylic acids is 9. The predicted octanol–water partition coefficient (Wildman–Crippen LogP) is 5.08. The Morgan fingerprint density at radius 1 is 0.426 bits per heavy atom. The number of hydrogen-bond donors (Lipinski definition) is 10. The number of likely N-dealkylation sites (N-methyl/N-ethyl adjacent to an activating group) is 6. The molecule has 115 heavy (non-hydrogen) atoms. The van der Waals surface area contributed by atoms with Crippen LogP contribution in [0.5, 0.6) is 0 Å². The second kappa shape index (κ2) is 48.5. The number of nitrogens with zero attached hydrogens (tertiary/aromatic N) is 3. The van der Waals surface area contributed by atoms with Crippen molar-refractivity contribution < 1.29 is 97.8 Å². The molecular formula is C88H107IN6O20. The van der Waals surface area contributed by atoms with E-state index in [4.69, 9.17) is 35.6 Å². The molecule has 2 fully saturated rings. The number of halogens is 1. The topological polar surface area (TPSA) is 378 Å². The highest BCUT2D eigenvalue weighted by molar-refractivity contribution is 14.1. The van der Waals surface area contributed by atoms with E-state index >= 15 is 0 Å². The molecule has 0 bridgehead atoms. The molecule has 2 saturated heterocycles. The Kier molecular flexibility index (Phi) is 40.3. The zero-order valence-corrected chi connectivity index (χ0v) is 68.8. The van der Waals surface area contributed by atoms with Crippen LogP contribution in [0.1, 0.15) is 135 Å². The molecule has 8 rings (SSSR count). The Balaban J connectivity index is 0.000000287. The Labute approximate surface area is 686 Å². The highest BCUT2D eigenvalue weighted by atomic mass is 127. The molecule has 2 aliphatic rings. The van der Waals surface area contributed by atoms with Crippen LogP contribution in [-0.4, -0.2) is 247 Å². The summed E-state index contributed by atoms with van der Waals surface area (Å²) in [5.41, 5.74) is 2.52. The predicted molar refractivity (Wildman–Crippen MR) is 440 cm³/mol. The number of Topliss-reactive ketones (excluding diaryl/α,β-unsaturated/α-hetero) is 3. The zero-order chi connectivity index (χ0) is 84.8. The zero-order valence-electron chi connectivity index (χ0n) is 66.6. The maximum absolute atomic E-state index is 13.3. The first kappa shape index (κ1) is 95.7. The largest absolute Gasteiger partial charge is 0.396 e. The first-order chi connectivity index (χ1) is 55.0. The molecule has 27 heteroatoms. The number of benzene rings is 6. The summed E-state index contributed by atoms with van der Waals surface area (Å²) in [6, 6.07) is 42.7. The third-order valence-electron chi connectivity index (χ3n) is 20.0. The number of nitrogens with one attached hydrogen (secondary N) is 3. The molecule has 6 aromatic rings. The van der Waals surface area contributed by atoms with E-state index in [0.717, 1.165) is 72.4 Å². The Hall–Kier alpha value is -9.88. The molecule has 5 atom stereocenters. The summed E-state index contributed by atoms with van der Waals surface area (Å²) in [7, 11) is 8.41. The number of aliphatic hydroxyl groups is 7. The van der Waals surface area contributed by atoms with Gasteiger partial charge in [0.05, 0.1) is 0 Å². The van der Waals surface area contributed by atoms with E-state index in [-0.39, 0.29) is 76.2 Å². The maximum atomic E-state index is 13.3. The summed E-state index contributed by atoms with van der Waals surface area (Å²) >= 11 is 2.14. The number of aliphatic hydroxyl groups excluding tert-OH is 7. The average molecular weight is 1700 g/mol. The number of amides is 6. The first-order valence-corrected chi connectivity index (χ1v) is 38.7. The summed E-state index contributed by atoms with van der Waals surface area (Å²) in [5, 5.41) is 71.3. The van der Waals surface area contributed by atoms with Crippen LogP contribution in [0, 0.1) is 57.3 Å². The van der Waals surface area contributed by atoms with Crippen LogP contribution < -0.4 is 16.0 Å². The van der Waals surface area contributed by atoms with E-state index in [0.29, 0.717) is 67.6 Å². The van der Waals surface area contributed by atoms with Crippen molar-refractivity contribution in [2.75, 3.05) is 115 Å². The fourth-order valence-electron chi connectivity index (χ4n) is 11.8. The minimum Gasteiger partial charge on any atom is -0.396 e. The summed E-state index contributed by atoms with van der Waals surface area (Å²) in [6.45, 7) is 3.48. The van der Waals surface area contributed by atoms with Crippen molar-refractivity contribution in [3.8, 4) is 36.0 Å². The summed E-state index contributed by atoms with van der Waals surface area (Å²) in [6.07, 6.45) is 11.3. The van der Waals surface area contributed by atoms with E-state index in [1.54, 1.807) is 72.8 Å². The van der Waals surface area contributed by atoms with Crippen LogP contribution in [0.3, 0.4) is 0 Å². The fourth-order valence-corrected chi connectivity index (χ4v) is 12.2. The number of ether oxygens (including phenoxy) is 4. The van der Waals surface area contributed by atoms with Gasteiger partial charge in [0, 0.05) is 161 Å². The third kappa shape index (κ3) is 27.7. The van der Waals surface area contributed by atoms with Gasteiger partial charge in [-0.05, 0) is 227 Å². The fraction of sp³-hybridized carbons (Fsp3) is 0.420. The van der Waals surface area contributed by atoms with Crippen molar-refractivity contribution in [1.82, 2.24) is 30.7 Å². The van der Waals surface area contributed by atoms with Crippen molar-refractivity contribution in [2.45, 2.75) is 108 Å². The SMILES string of the molecule is C#Cc1ccc(CC(CO)CO)cc1.CNC(=O)[C@@](C)(C(=O)CO)N(C)C(=O)c1ccc(C#Cc2ccc(CC(CO)CO)cc2)cc1.CNC(=O)[C@@](C)(C(=O)COC1CCCCO1)N(C)C(=O)c1ccc(C#Cc2ccc(CC(CO)CO)cc2)cc1.CNC(=O)[C@@](C)(C(=O)COC1CCCCO1)N(C)C(=O)c1ccc(I)cc1. The number of hydrogen-bond acceptors (Lipinski definition) is 20. The second-order valence-corrected chi connectivity index (χ2v) is 29.1. The molecule has 0 aromatic heterocycles. The first-order valence-electron chi connectivity index (χ1n) is 37.6. The lowest BCUT2D eigenvalue weighted by atomic mass is 9.92. The number of ketones is 3. The molecular weight excluding hydrogens is 1590 g/mol. The number of terminal acetylenes is 1. The molecule has 10 N–H and O–H groups in total. The minimum atomic E-state index is -1.85. The lowest BCUT2D eigenvalue weighted by Gasteiger charge is -2.36. The molecule has 0 radical (unpaired) electrons. The van der Waals surface area contributed by atoms with Crippen molar-refractivity contribution in [3.63, 3.8) is 0 Å². The van der Waals surface area contributed by atoms with Crippen LogP contribution in [-0.2, 0) is 67.0 Å². The molecule has 26 nitrogen and oxygen atoms in total. The molecule has 0 aliphatic carbocycles. The van der Waals surface area contributed by atoms with Crippen molar-refractivity contribution in [1.29, 1.82) is 0 Å². The van der Waals surface area contributed by atoms with E-state index in [9.17, 15) is 68.7 Å². The lowest BCUT2D eigenvalue weighted by Crippen LogP contribution is -2.62. The highest BCUT2D eigenvalue weighted by Gasteiger charge is 2.49. The summed E-state index contributed by atoms with van der Waals surface area (Å²) in [4.78, 5) is 118. The van der Waals surface area contributed by atoms with Gasteiger partial charge in [-0.1, -0.05) is 66.0 Å². The van der Waals surface area contributed by atoms with E-state index in [1.165, 1.54) is 68.0 Å². The molecule has 2 unspecified atom stereocenters. The van der Waals surface area contributed by atoms with Gasteiger partial charge in [0.2, 0.25) is 0 Å². The molecule has 6 aromatic carbocycles. The molecule has 0 saturated carbocycles. The van der Waals surface area contributed by atoms with Gasteiger partial charge in [0.25, 0.3) is 35.4 Å². The van der Waals surface area contributed by atoms with E-state index in [2.05, 4.69) is 68.1 Å². The van der Waals surface area contributed by atoms with Gasteiger partial charge >= 0.3 is 0 Å². The minimum absolute atomic E-state index is 0.00733. The van der Waals surface area contributed by atoms with Gasteiger partial charge in [-0.3, -0.25) is 43.2 Å². The van der Waals surface area contributed by atoms with Gasteiger partial charge in [-0.15, -0.1) is 6.42 Å². The van der Waals surface area contributed by atoms with Gasteiger partial charge in [-0.25, -0.2) is 0 Å². The van der Waals surface area contributed by atoms with Crippen LogP contribution in [0.25, 0.3) is 0 Å². The molecule has 6 amide bonds. The Bertz CT molecular complexity index is 4310. The van der Waals surface area contributed by atoms with Crippen LogP contribution >= 0.6 is 22.6 Å². The lowest BCUT2D eigenvalue weighted by molar-refractivity contribution is -0.174. The van der Waals surface area contributed by atoms with Crippen molar-refractivity contribution >= 4 is 75.4 Å². The van der Waals surface area contributed by atoms with Gasteiger partial charge in [0.15, 0.2) is 46.5 Å². The van der Waals surface area contributed by atoms with Gasteiger partial charge < -0.3 is 85.3 Å². The molecule has 0 spiro atoms. The van der Waals surface area contributed by atoms with Crippen LogP contribution in [0.4, 0.5) is 0 Å². The molecule has 2 heterocycles. The summed E-state index contributed by atoms with van der Waals surface area (Å²) in [5.74, 6) is 9.11.